The molecule has 164 valence electrons. The summed E-state index contributed by atoms with van der Waals surface area (Å²) in [6.45, 7) is 0.294. The third-order valence-electron chi connectivity index (χ3n) is 4.77. The van der Waals surface area contributed by atoms with Gasteiger partial charge in [-0.2, -0.15) is 0 Å². The molecule has 4 rings (SSSR count). The zero-order valence-corrected chi connectivity index (χ0v) is 19.1. The highest BCUT2D eigenvalue weighted by atomic mass is 79.9. The van der Waals surface area contributed by atoms with Crippen LogP contribution in [0.25, 0.3) is 17.4 Å². The molecule has 0 unspecified atom stereocenters. The Bertz CT molecular complexity index is 1270. The van der Waals surface area contributed by atoms with Crippen molar-refractivity contribution in [3.63, 3.8) is 0 Å². The number of nitrogens with one attached hydrogen (secondary N) is 2. The molecule has 2 N–H and O–H groups in total. The lowest BCUT2D eigenvalue weighted by molar-refractivity contribution is -0.117. The maximum Gasteiger partial charge on any atom is 0.268 e. The predicted molar refractivity (Wildman–Crippen MR) is 130 cm³/mol. The molecule has 6 nitrogen and oxygen atoms in total. The highest BCUT2D eigenvalue weighted by Crippen LogP contribution is 2.25. The van der Waals surface area contributed by atoms with E-state index in [1.807, 2.05) is 48.5 Å². The Balaban J connectivity index is 1.57. The number of halogens is 1. The molecule has 2 aromatic heterocycles. The fourth-order valence-corrected chi connectivity index (χ4v) is 3.33. The van der Waals surface area contributed by atoms with Gasteiger partial charge in [-0.3, -0.25) is 14.6 Å². The van der Waals surface area contributed by atoms with Gasteiger partial charge in [-0.05, 0) is 54.1 Å². The van der Waals surface area contributed by atoms with Crippen molar-refractivity contribution >= 4 is 33.8 Å². The molecular formula is C26H20BrN3O3. The number of nitrogens with zero attached hydrogens (tertiary/aromatic N) is 1. The average Bonchev–Trinajstić information content (AvgIpc) is 3.32. The minimum absolute atomic E-state index is 0.0783. The van der Waals surface area contributed by atoms with Gasteiger partial charge in [0.05, 0.1) is 0 Å². The summed E-state index contributed by atoms with van der Waals surface area (Å²) in [7, 11) is 0. The smallest absolute Gasteiger partial charge is 0.268 e. The Kier molecular flexibility index (Phi) is 7.12. The maximum absolute atomic E-state index is 12.9. The molecule has 0 fully saturated rings. The van der Waals surface area contributed by atoms with Gasteiger partial charge in [0.1, 0.15) is 17.2 Å². The van der Waals surface area contributed by atoms with E-state index in [2.05, 4.69) is 31.5 Å². The molecule has 0 aliphatic rings. The second-order valence-electron chi connectivity index (χ2n) is 7.13. The second kappa shape index (κ2) is 10.6. The predicted octanol–water partition coefficient (Wildman–Crippen LogP) is 5.19. The highest BCUT2D eigenvalue weighted by Gasteiger charge is 2.16. The molecule has 0 aliphatic heterocycles. The van der Waals surface area contributed by atoms with E-state index in [0.29, 0.717) is 23.6 Å². The second-order valence-corrected chi connectivity index (χ2v) is 8.04. The molecule has 4 aromatic rings. The Labute approximate surface area is 199 Å². The summed E-state index contributed by atoms with van der Waals surface area (Å²) in [5.41, 5.74) is 2.31. The van der Waals surface area contributed by atoms with Crippen LogP contribution in [0.2, 0.25) is 0 Å². The molecule has 0 bridgehead atoms. The first-order valence-electron chi connectivity index (χ1n) is 10.2. The molecule has 0 saturated heterocycles. The summed E-state index contributed by atoms with van der Waals surface area (Å²) >= 11 is 3.42. The van der Waals surface area contributed by atoms with Gasteiger partial charge in [0.2, 0.25) is 0 Å². The fraction of sp³-hybridized carbons (Fsp3) is 0.0385. The van der Waals surface area contributed by atoms with Crippen molar-refractivity contribution in [3.05, 3.63) is 118 Å². The average molecular weight is 502 g/mol. The van der Waals surface area contributed by atoms with Crippen molar-refractivity contribution in [1.29, 1.82) is 0 Å². The number of rotatable bonds is 7. The molecule has 0 aliphatic carbocycles. The van der Waals surface area contributed by atoms with E-state index in [0.717, 1.165) is 15.6 Å². The van der Waals surface area contributed by atoms with Crippen LogP contribution < -0.4 is 10.6 Å². The van der Waals surface area contributed by atoms with Crippen LogP contribution in [-0.4, -0.2) is 16.8 Å². The zero-order valence-electron chi connectivity index (χ0n) is 17.5. The van der Waals surface area contributed by atoms with Gasteiger partial charge < -0.3 is 15.1 Å². The minimum Gasteiger partial charge on any atom is -0.457 e. The molecular weight excluding hydrogens is 482 g/mol. The summed E-state index contributed by atoms with van der Waals surface area (Å²) in [6, 6.07) is 23.6. The van der Waals surface area contributed by atoms with E-state index < -0.39 is 5.91 Å². The number of pyridine rings is 1. The summed E-state index contributed by atoms with van der Waals surface area (Å²) in [4.78, 5) is 29.6. The molecule has 0 radical (unpaired) electrons. The molecule has 2 aromatic carbocycles. The monoisotopic (exact) mass is 501 g/mol. The number of hydrogen-bond acceptors (Lipinski definition) is 4. The van der Waals surface area contributed by atoms with Crippen LogP contribution in [-0.2, 0) is 11.3 Å². The standard InChI is InChI=1S/C26H20BrN3O3/c27-21-8-6-19(7-9-21)24-11-10-22(33-24)16-23(30-25(31)20-4-2-1-3-5-20)26(32)29-17-18-12-14-28-15-13-18/h1-16H,17H2,(H,29,32)(H,30,31)/b23-16-. The largest absolute Gasteiger partial charge is 0.457 e. The first-order valence-corrected chi connectivity index (χ1v) is 11.0. The van der Waals surface area contributed by atoms with Crippen LogP contribution in [0.5, 0.6) is 0 Å². The van der Waals surface area contributed by atoms with Crippen molar-refractivity contribution in [2.24, 2.45) is 0 Å². The van der Waals surface area contributed by atoms with Gasteiger partial charge in [0.15, 0.2) is 0 Å². The number of amides is 2. The van der Waals surface area contributed by atoms with Crippen molar-refractivity contribution in [1.82, 2.24) is 15.6 Å². The fourth-order valence-electron chi connectivity index (χ4n) is 3.06. The number of furan rings is 1. The van der Waals surface area contributed by atoms with Crippen LogP contribution in [0.1, 0.15) is 21.7 Å². The number of benzene rings is 2. The number of carbonyl (C=O) groups is 2. The van der Waals surface area contributed by atoms with Gasteiger partial charge in [0, 0.05) is 40.6 Å². The Morgan fingerprint density at radius 3 is 2.36 bits per heavy atom. The summed E-state index contributed by atoms with van der Waals surface area (Å²) in [5.74, 6) is 0.272. The van der Waals surface area contributed by atoms with E-state index >= 15 is 0 Å². The number of aromatic nitrogens is 1. The van der Waals surface area contributed by atoms with Crippen LogP contribution in [0.4, 0.5) is 0 Å². The lowest BCUT2D eigenvalue weighted by Crippen LogP contribution is -2.34. The van der Waals surface area contributed by atoms with Crippen molar-refractivity contribution in [2.45, 2.75) is 6.54 Å². The SMILES string of the molecule is O=C(NCc1ccncc1)/C(=C/c1ccc(-c2ccc(Br)cc2)o1)NC(=O)c1ccccc1. The molecule has 2 amide bonds. The lowest BCUT2D eigenvalue weighted by atomic mass is 10.2. The van der Waals surface area contributed by atoms with Crippen LogP contribution in [0.15, 0.2) is 106 Å². The Morgan fingerprint density at radius 2 is 1.64 bits per heavy atom. The zero-order chi connectivity index (χ0) is 23.0. The van der Waals surface area contributed by atoms with E-state index in [1.165, 1.54) is 6.08 Å². The molecule has 0 saturated carbocycles. The maximum atomic E-state index is 12.9. The minimum atomic E-state index is -0.433. The van der Waals surface area contributed by atoms with Crippen molar-refractivity contribution < 1.29 is 14.0 Å². The van der Waals surface area contributed by atoms with E-state index in [4.69, 9.17) is 4.42 Å². The van der Waals surface area contributed by atoms with Crippen LogP contribution in [0, 0.1) is 0 Å². The van der Waals surface area contributed by atoms with Gasteiger partial charge >= 0.3 is 0 Å². The number of carbonyl (C=O) groups excluding carboxylic acids is 2. The Hall–Kier alpha value is -3.97. The van der Waals surface area contributed by atoms with E-state index in [1.54, 1.807) is 42.7 Å². The summed E-state index contributed by atoms with van der Waals surface area (Å²) < 4.78 is 6.88. The Morgan fingerprint density at radius 1 is 0.909 bits per heavy atom. The lowest BCUT2D eigenvalue weighted by Gasteiger charge is -2.11. The molecule has 0 spiro atoms. The molecule has 7 heteroatoms. The van der Waals surface area contributed by atoms with Crippen LogP contribution in [0.3, 0.4) is 0 Å². The van der Waals surface area contributed by atoms with Crippen LogP contribution >= 0.6 is 15.9 Å². The number of hydrogen-bond donors (Lipinski definition) is 2. The quantitative estimate of drug-likeness (QED) is 0.341. The van der Waals surface area contributed by atoms with Crippen molar-refractivity contribution in [3.8, 4) is 11.3 Å². The summed E-state index contributed by atoms with van der Waals surface area (Å²) in [6.07, 6.45) is 4.83. The van der Waals surface area contributed by atoms with Gasteiger partial charge in [-0.1, -0.05) is 46.3 Å². The molecule has 33 heavy (non-hydrogen) atoms. The van der Waals surface area contributed by atoms with Gasteiger partial charge in [-0.25, -0.2) is 0 Å². The van der Waals surface area contributed by atoms with Gasteiger partial charge in [0.25, 0.3) is 11.8 Å². The normalized spacial score (nSPS) is 11.1. The highest BCUT2D eigenvalue weighted by molar-refractivity contribution is 9.10. The molecule has 2 heterocycles. The molecule has 0 atom stereocenters. The van der Waals surface area contributed by atoms with Gasteiger partial charge in [-0.15, -0.1) is 0 Å². The third-order valence-corrected chi connectivity index (χ3v) is 5.30. The third kappa shape index (κ3) is 6.05. The van der Waals surface area contributed by atoms with E-state index in [-0.39, 0.29) is 11.6 Å². The first kappa shape index (κ1) is 22.2. The first-order chi connectivity index (χ1) is 16.1. The van der Waals surface area contributed by atoms with E-state index in [9.17, 15) is 9.59 Å². The topological polar surface area (TPSA) is 84.2 Å². The summed E-state index contributed by atoms with van der Waals surface area (Å²) in [5, 5.41) is 5.53. The van der Waals surface area contributed by atoms with Crippen molar-refractivity contribution in [2.75, 3.05) is 0 Å².